The monoisotopic (exact) mass is 211 g/mol. The Bertz CT molecular complexity index is 267. The predicted octanol–water partition coefficient (Wildman–Crippen LogP) is 2.08. The molecule has 2 N–H and O–H groups in total. The van der Waals surface area contributed by atoms with Gasteiger partial charge in [-0.3, -0.25) is 0 Å². The summed E-state index contributed by atoms with van der Waals surface area (Å²) in [5, 5.41) is 3.78. The van der Waals surface area contributed by atoms with Gasteiger partial charge >= 0.3 is 0 Å². The van der Waals surface area contributed by atoms with Crippen molar-refractivity contribution in [3.05, 3.63) is 11.7 Å². The largest absolute Gasteiger partial charge is 0.339 e. The molecular formula is C11H21N3O. The van der Waals surface area contributed by atoms with Gasteiger partial charge in [-0.1, -0.05) is 24.9 Å². The summed E-state index contributed by atoms with van der Waals surface area (Å²) in [5.74, 6) is 2.17. The first kappa shape index (κ1) is 12.2. The van der Waals surface area contributed by atoms with E-state index in [1.165, 1.54) is 12.8 Å². The van der Waals surface area contributed by atoms with Crippen LogP contribution in [-0.4, -0.2) is 16.7 Å². The highest BCUT2D eigenvalue weighted by atomic mass is 16.5. The zero-order chi connectivity index (χ0) is 11.1. The molecule has 1 atom stereocenters. The second-order valence-electron chi connectivity index (χ2n) is 4.01. The lowest BCUT2D eigenvalue weighted by atomic mass is 9.94. The summed E-state index contributed by atoms with van der Waals surface area (Å²) in [5.41, 5.74) is 5.58. The second kappa shape index (κ2) is 6.56. The molecule has 4 heteroatoms. The first-order valence-electron chi connectivity index (χ1n) is 5.75. The summed E-state index contributed by atoms with van der Waals surface area (Å²) in [6.45, 7) is 4.82. The molecule has 0 spiro atoms. The van der Waals surface area contributed by atoms with Gasteiger partial charge in [-0.15, -0.1) is 0 Å². The molecule has 4 nitrogen and oxygen atoms in total. The van der Waals surface area contributed by atoms with E-state index in [1.54, 1.807) is 0 Å². The average molecular weight is 211 g/mol. The molecule has 1 rings (SSSR count). The van der Waals surface area contributed by atoms with Crippen LogP contribution in [0.2, 0.25) is 0 Å². The minimum atomic E-state index is 0.701. The fourth-order valence-electron chi connectivity index (χ4n) is 1.85. The lowest BCUT2D eigenvalue weighted by Gasteiger charge is -2.13. The van der Waals surface area contributed by atoms with Crippen LogP contribution in [0.4, 0.5) is 0 Å². The van der Waals surface area contributed by atoms with Crippen molar-refractivity contribution in [2.75, 3.05) is 6.54 Å². The van der Waals surface area contributed by atoms with Gasteiger partial charge in [0, 0.05) is 6.42 Å². The lowest BCUT2D eigenvalue weighted by Crippen LogP contribution is -2.09. The standard InChI is InChI=1S/C11H21N3O/c1-3-4-10(7-8-12)5-6-11-13-9(2)14-15-11/h10H,3-8,12H2,1-2H3. The minimum absolute atomic E-state index is 0.701. The van der Waals surface area contributed by atoms with Crippen LogP contribution in [0.1, 0.15) is 44.3 Å². The first-order chi connectivity index (χ1) is 7.26. The molecule has 0 aromatic carbocycles. The third-order valence-corrected chi connectivity index (χ3v) is 2.61. The van der Waals surface area contributed by atoms with Gasteiger partial charge in [0.25, 0.3) is 0 Å². The van der Waals surface area contributed by atoms with Crippen LogP contribution in [0.5, 0.6) is 0 Å². The molecule has 1 unspecified atom stereocenters. The molecule has 0 saturated heterocycles. The maximum absolute atomic E-state index is 5.58. The van der Waals surface area contributed by atoms with Crippen molar-refractivity contribution in [1.29, 1.82) is 0 Å². The van der Waals surface area contributed by atoms with Gasteiger partial charge in [0.15, 0.2) is 5.82 Å². The number of aromatic nitrogens is 2. The molecule has 1 aromatic heterocycles. The molecule has 15 heavy (non-hydrogen) atoms. The average Bonchev–Trinajstić information content (AvgIpc) is 2.61. The van der Waals surface area contributed by atoms with Crippen LogP contribution < -0.4 is 5.73 Å². The molecule has 0 fully saturated rings. The summed E-state index contributed by atoms with van der Waals surface area (Å²) >= 11 is 0. The van der Waals surface area contributed by atoms with E-state index < -0.39 is 0 Å². The third-order valence-electron chi connectivity index (χ3n) is 2.61. The van der Waals surface area contributed by atoms with Crippen LogP contribution in [0, 0.1) is 12.8 Å². The molecular weight excluding hydrogens is 190 g/mol. The summed E-state index contributed by atoms with van der Waals surface area (Å²) < 4.78 is 5.08. The van der Waals surface area contributed by atoms with Gasteiger partial charge in [-0.05, 0) is 32.2 Å². The zero-order valence-corrected chi connectivity index (χ0v) is 9.70. The van der Waals surface area contributed by atoms with E-state index in [1.807, 2.05) is 6.92 Å². The van der Waals surface area contributed by atoms with E-state index in [0.717, 1.165) is 37.5 Å². The Balaban J connectivity index is 2.32. The molecule has 0 aliphatic rings. The van der Waals surface area contributed by atoms with Crippen LogP contribution in [0.3, 0.4) is 0 Å². The number of hydrogen-bond acceptors (Lipinski definition) is 4. The van der Waals surface area contributed by atoms with E-state index in [2.05, 4.69) is 17.1 Å². The SMILES string of the molecule is CCCC(CCN)CCc1nc(C)no1. The van der Waals surface area contributed by atoms with E-state index >= 15 is 0 Å². The van der Waals surface area contributed by atoms with Gasteiger partial charge in [-0.25, -0.2) is 0 Å². The smallest absolute Gasteiger partial charge is 0.226 e. The molecule has 1 aromatic rings. The number of hydrogen-bond donors (Lipinski definition) is 1. The highest BCUT2D eigenvalue weighted by Crippen LogP contribution is 2.17. The molecule has 0 amide bonds. The van der Waals surface area contributed by atoms with E-state index in [0.29, 0.717) is 5.92 Å². The minimum Gasteiger partial charge on any atom is -0.339 e. The van der Waals surface area contributed by atoms with Crippen molar-refractivity contribution < 1.29 is 4.52 Å². The van der Waals surface area contributed by atoms with Gasteiger partial charge in [-0.2, -0.15) is 4.98 Å². The Kier molecular flexibility index (Phi) is 5.32. The topological polar surface area (TPSA) is 64.9 Å². The Morgan fingerprint density at radius 3 is 2.67 bits per heavy atom. The zero-order valence-electron chi connectivity index (χ0n) is 9.70. The van der Waals surface area contributed by atoms with E-state index in [9.17, 15) is 0 Å². The summed E-state index contributed by atoms with van der Waals surface area (Å²) in [6.07, 6.45) is 5.54. The molecule has 0 bridgehead atoms. The van der Waals surface area contributed by atoms with Crippen LogP contribution >= 0.6 is 0 Å². The summed E-state index contributed by atoms with van der Waals surface area (Å²) in [4.78, 5) is 4.19. The van der Waals surface area contributed by atoms with Crippen LogP contribution in [0.15, 0.2) is 4.52 Å². The molecule has 86 valence electrons. The molecule has 0 saturated carbocycles. The Labute approximate surface area is 91.2 Å². The third kappa shape index (κ3) is 4.42. The highest BCUT2D eigenvalue weighted by Gasteiger charge is 2.09. The van der Waals surface area contributed by atoms with Crippen molar-refractivity contribution >= 4 is 0 Å². The normalized spacial score (nSPS) is 13.0. The predicted molar refractivity (Wildman–Crippen MR) is 59.4 cm³/mol. The lowest BCUT2D eigenvalue weighted by molar-refractivity contribution is 0.347. The molecule has 0 aliphatic heterocycles. The van der Waals surface area contributed by atoms with Crippen LogP contribution in [0.25, 0.3) is 0 Å². The maximum Gasteiger partial charge on any atom is 0.226 e. The van der Waals surface area contributed by atoms with Gasteiger partial charge in [0.1, 0.15) is 0 Å². The van der Waals surface area contributed by atoms with Crippen molar-refractivity contribution in [3.63, 3.8) is 0 Å². The fraction of sp³-hybridized carbons (Fsp3) is 0.818. The second-order valence-corrected chi connectivity index (χ2v) is 4.01. The van der Waals surface area contributed by atoms with E-state index in [4.69, 9.17) is 10.3 Å². The molecule has 0 aliphatic carbocycles. The number of aryl methyl sites for hydroxylation is 2. The Morgan fingerprint density at radius 2 is 2.13 bits per heavy atom. The number of rotatable bonds is 7. The van der Waals surface area contributed by atoms with E-state index in [-0.39, 0.29) is 0 Å². The van der Waals surface area contributed by atoms with Crippen LogP contribution in [-0.2, 0) is 6.42 Å². The Morgan fingerprint density at radius 1 is 1.33 bits per heavy atom. The molecule has 0 radical (unpaired) electrons. The van der Waals surface area contributed by atoms with Crippen molar-refractivity contribution in [1.82, 2.24) is 10.1 Å². The van der Waals surface area contributed by atoms with Crippen molar-refractivity contribution in [2.45, 2.75) is 46.0 Å². The van der Waals surface area contributed by atoms with Gasteiger partial charge in [0.2, 0.25) is 5.89 Å². The van der Waals surface area contributed by atoms with Gasteiger partial charge < -0.3 is 10.3 Å². The summed E-state index contributed by atoms with van der Waals surface area (Å²) in [6, 6.07) is 0. The molecule has 1 heterocycles. The van der Waals surface area contributed by atoms with Gasteiger partial charge in [0.05, 0.1) is 0 Å². The Hall–Kier alpha value is -0.900. The first-order valence-corrected chi connectivity index (χ1v) is 5.75. The maximum atomic E-state index is 5.58. The van der Waals surface area contributed by atoms with Crippen molar-refractivity contribution in [2.24, 2.45) is 11.7 Å². The number of nitrogens with zero attached hydrogens (tertiary/aromatic N) is 2. The number of nitrogens with two attached hydrogens (primary N) is 1. The van der Waals surface area contributed by atoms with Crippen molar-refractivity contribution in [3.8, 4) is 0 Å². The highest BCUT2D eigenvalue weighted by molar-refractivity contribution is 4.83. The summed E-state index contributed by atoms with van der Waals surface area (Å²) in [7, 11) is 0. The fourth-order valence-corrected chi connectivity index (χ4v) is 1.85. The quantitative estimate of drug-likeness (QED) is 0.750.